The van der Waals surface area contributed by atoms with Crippen LogP contribution in [0.1, 0.15) is 142 Å². The zero-order chi connectivity index (χ0) is 126. The van der Waals surface area contributed by atoms with Crippen molar-refractivity contribution in [1.29, 1.82) is 21.0 Å². The van der Waals surface area contributed by atoms with E-state index in [1.165, 1.54) is 82.7 Å². The fraction of sp³-hybridized carbons (Fsp3) is 0.269. The molecule has 12 rings (SSSR count). The van der Waals surface area contributed by atoms with Crippen molar-refractivity contribution in [3.63, 3.8) is 0 Å². The minimum atomic E-state index is -3.28. The van der Waals surface area contributed by atoms with E-state index in [0.717, 1.165) is 70.7 Å². The van der Waals surface area contributed by atoms with Gasteiger partial charge < -0.3 is 59.8 Å². The van der Waals surface area contributed by atoms with Gasteiger partial charge in [0.05, 0.1) is 117 Å². The number of benzene rings is 8. The van der Waals surface area contributed by atoms with Gasteiger partial charge in [-0.25, -0.2) is 17.6 Å². The third-order valence-corrected chi connectivity index (χ3v) is 18.2. The highest BCUT2D eigenvalue weighted by Crippen LogP contribution is 2.40. The topological polar surface area (TPSA) is 313 Å². The van der Waals surface area contributed by atoms with Crippen LogP contribution in [0.25, 0.3) is 43.6 Å². The Balaban J connectivity index is 0.000000245. The van der Waals surface area contributed by atoms with Crippen LogP contribution in [0.15, 0.2) is 194 Å². The van der Waals surface area contributed by atoms with E-state index in [1.807, 2.05) is 24.3 Å². The molecule has 0 amide bonds. The number of rotatable bonds is 36. The first-order valence-corrected chi connectivity index (χ1v) is 39.5. The van der Waals surface area contributed by atoms with Crippen molar-refractivity contribution in [2.24, 2.45) is 0 Å². The monoisotopic (exact) mass is 1820 g/mol. The third kappa shape index (κ3) is 28.5. The fourth-order valence-electron chi connectivity index (χ4n) is 12.2. The molecule has 0 fully saturated rings. The molecule has 24 nitrogen and oxygen atoms in total. The molecular weight excluding hydrogens is 1680 g/mol. The Morgan fingerprint density at radius 3 is 0.917 bits per heavy atom. The minimum Gasteiger partial charge on any atom is -0.494 e. The highest BCUT2D eigenvalue weighted by molar-refractivity contribution is 6.03. The maximum absolute atomic E-state index is 14.4. The Morgan fingerprint density at radius 2 is 0.674 bits per heavy atom. The van der Waals surface area contributed by atoms with Crippen LogP contribution < -0.4 is 40.2 Å². The number of anilines is 8. The molecule has 0 aliphatic rings. The summed E-state index contributed by atoms with van der Waals surface area (Å²) in [7, 11) is 6.69. The first-order valence-electron chi connectivity index (χ1n) is 57.0. The average molecular weight is 1820 g/mol. The summed E-state index contributed by atoms with van der Waals surface area (Å²) >= 11 is 0. The van der Waals surface area contributed by atoms with E-state index in [9.17, 15) is 57.8 Å². The lowest BCUT2D eigenvalue weighted by molar-refractivity contribution is -0.114. The van der Waals surface area contributed by atoms with Crippen molar-refractivity contribution in [1.82, 2.24) is 39.5 Å². The molecule has 4 aromatic heterocycles. The van der Waals surface area contributed by atoms with Crippen LogP contribution in [0.2, 0.25) is 0 Å². The lowest BCUT2D eigenvalue weighted by Gasteiger charge is -2.15. The summed E-state index contributed by atoms with van der Waals surface area (Å²) in [6.07, 6.45) is 9.52. The van der Waals surface area contributed by atoms with Crippen LogP contribution in [0.5, 0.6) is 23.0 Å². The Labute approximate surface area is 816 Å². The molecule has 0 aliphatic carbocycles. The number of carbonyl (C=O) groups excluding carboxylic acids is 4. The molecular formula is C104H108F4N16O8. The number of pyridine rings is 4. The predicted octanol–water partition coefficient (Wildman–Crippen LogP) is 19.7. The number of nitrogens with zero attached hydrogens (tertiary/aromatic N) is 12. The van der Waals surface area contributed by atoms with Crippen molar-refractivity contribution in [2.75, 3.05) is 130 Å². The maximum Gasteiger partial charge on any atom is 0.159 e. The second-order valence-electron chi connectivity index (χ2n) is 28.4. The molecule has 680 valence electrons. The molecule has 4 N–H and O–H groups in total. The molecule has 28 heteroatoms. The smallest absolute Gasteiger partial charge is 0.159 e. The van der Waals surface area contributed by atoms with Crippen molar-refractivity contribution >= 4 is 112 Å². The lowest BCUT2D eigenvalue weighted by Crippen LogP contribution is -2.11. The molecule has 0 unspecified atom stereocenters. The van der Waals surface area contributed by atoms with Gasteiger partial charge in [-0.05, 0) is 255 Å². The second-order valence-corrected chi connectivity index (χ2v) is 28.4. The van der Waals surface area contributed by atoms with Crippen LogP contribution in [0.4, 0.5) is 63.1 Å². The molecule has 0 bridgehead atoms. The van der Waals surface area contributed by atoms with E-state index in [-0.39, 0.29) is 172 Å². The zero-order valence-corrected chi connectivity index (χ0v) is 73.1. The molecule has 0 atom stereocenters. The van der Waals surface area contributed by atoms with Crippen LogP contribution in [-0.4, -0.2) is 171 Å². The van der Waals surface area contributed by atoms with E-state index in [0.29, 0.717) is 78.4 Å². The van der Waals surface area contributed by atoms with Gasteiger partial charge in [0.25, 0.3) is 0 Å². The lowest BCUT2D eigenvalue weighted by atomic mass is 10.0. The first-order chi connectivity index (χ1) is 77.1. The number of ether oxygens (including phenoxy) is 4. The summed E-state index contributed by atoms with van der Waals surface area (Å²) in [5.41, 5.74) is 0.266. The number of nitriles is 4. The molecule has 4 heterocycles. The zero-order valence-electron chi connectivity index (χ0n) is 108. The van der Waals surface area contributed by atoms with E-state index < -0.39 is 180 Å². The largest absolute Gasteiger partial charge is 0.494 e. The SMILES string of the molecule is [2H]/C(=C\C(=O)Cc1cc2c(Nc3c([2H])c([2H])c(F)c(C)c3[2H])c(C#N)cnc2cc1OCC)CN(C)C.[2H]c1c([2H])c(Nc2c(C#N)cnc3cc(OC([2H])([2H])C([2H])([2H])[2H])c(CC(=O)/C=C/C([2H])([2H])N(C)C([2H])([2H])[2H])cc23)c([2H])c(C)c1F.[2H]c1c([2H])c(Nc2c(C#N)cnc3cc(OC([2H])([2H])C)c(CC(=O)/C=C/C([2H])([2H])N(C)C([2H])([2H])[2H])cc23)c([2H])c(C)c1F.[2H]c1c([2H])c(Nc2c(C#N)cnc3cc(OCC)c(CC(=O)/C=C/C([2H])([2H])N(C)C([2H])([2H])[2H])cc23)c([2H])c(C)c1F. The summed E-state index contributed by atoms with van der Waals surface area (Å²) in [5.74, 6) is -6.28. The van der Waals surface area contributed by atoms with Gasteiger partial charge in [-0.1, -0.05) is 24.3 Å². The van der Waals surface area contributed by atoms with Gasteiger partial charge in [0.15, 0.2) is 23.1 Å². The Kier molecular flexibility index (Phi) is 22.8. The number of aromatic nitrogens is 4. The van der Waals surface area contributed by atoms with Gasteiger partial charge in [-0.3, -0.25) is 39.1 Å². The molecule has 0 radical (unpaired) electrons. The van der Waals surface area contributed by atoms with Gasteiger partial charge >= 0.3 is 0 Å². The molecule has 0 saturated heterocycles. The highest BCUT2D eigenvalue weighted by atomic mass is 19.1. The van der Waals surface area contributed by atoms with Crippen LogP contribution in [0.3, 0.4) is 0 Å². The number of likely N-dealkylation sites (N-methyl/N-ethyl adjacent to an activating group) is 4. The van der Waals surface area contributed by atoms with E-state index >= 15 is 0 Å². The minimum absolute atomic E-state index is 0.0193. The normalized spacial score (nSPS) is 16.0. The first kappa shape index (κ1) is 61.5. The molecule has 12 aromatic rings. The molecule has 0 saturated carbocycles. The molecule has 132 heavy (non-hydrogen) atoms. The Bertz CT molecular complexity index is 8260. The predicted molar refractivity (Wildman–Crippen MR) is 514 cm³/mol. The van der Waals surface area contributed by atoms with Crippen LogP contribution in [0, 0.1) is 96.3 Å². The summed E-state index contributed by atoms with van der Waals surface area (Å²) in [6, 6.07) is 12.4. The summed E-state index contributed by atoms with van der Waals surface area (Å²) in [6.45, 7) is -14.0. The van der Waals surface area contributed by atoms with Gasteiger partial charge in [0, 0.05) is 192 Å². The Morgan fingerprint density at radius 1 is 0.409 bits per heavy atom. The number of ketones is 4. The standard InChI is InChI=1S/4C26H27FN4O2/c4*1-5-33-25-14-24-22(13-18(25)12-21(32)7-6-10-31(3)4)26(19(15-28)16-29-24)30-20-8-9-23(27)17(2)11-20/h4*6-9,11,13-14,16H,5,10,12H2,1-4H3,(H,29,30)/b4*7-6+/i1D3,3D3,5D2,8D,9D,10D2,11D;3D3,5D2,8D,9D,10D2,11D;3D3,8D,9D,10D2,11D;6D,8D,9D,11D. The van der Waals surface area contributed by atoms with Crippen LogP contribution >= 0.6 is 0 Å². The molecule has 0 spiro atoms. The quantitative estimate of drug-likeness (QED) is 0.0209. The average Bonchev–Trinajstić information content (AvgIpc) is 0.762. The fourth-order valence-corrected chi connectivity index (χ4v) is 12.2. The number of hydrogen-bond acceptors (Lipinski definition) is 24. The number of allylic oxidation sites excluding steroid dienone is 4. The third-order valence-electron chi connectivity index (χ3n) is 18.2. The van der Waals surface area contributed by atoms with Crippen molar-refractivity contribution in [3.8, 4) is 47.3 Å². The van der Waals surface area contributed by atoms with Crippen molar-refractivity contribution in [3.05, 3.63) is 284 Å². The number of nitrogens with one attached hydrogen (secondary N) is 4. The number of halogens is 4. The van der Waals surface area contributed by atoms with Gasteiger partial charge in [0.1, 0.15) is 70.5 Å². The van der Waals surface area contributed by atoms with Crippen LogP contribution in [-0.2, 0) is 44.9 Å². The van der Waals surface area contributed by atoms with Gasteiger partial charge in [0.2, 0.25) is 0 Å². The number of fused-ring (bicyclic) bond motifs is 4. The van der Waals surface area contributed by atoms with E-state index in [4.69, 9.17) is 66.9 Å². The molecule has 0 aliphatic heterocycles. The number of hydrogen-bond donors (Lipinski definition) is 4. The van der Waals surface area contributed by atoms with E-state index in [2.05, 4.69) is 41.2 Å². The highest BCUT2D eigenvalue weighted by Gasteiger charge is 2.23. The Hall–Kier alpha value is -15.0. The molecule has 8 aromatic carbocycles. The summed E-state index contributed by atoms with van der Waals surface area (Å²) < 4.78 is 354. The van der Waals surface area contributed by atoms with Crippen molar-refractivity contribution in [2.45, 2.75) is 81.0 Å². The van der Waals surface area contributed by atoms with Crippen molar-refractivity contribution < 1.29 is 104 Å². The van der Waals surface area contributed by atoms with E-state index in [1.54, 1.807) is 45.0 Å². The summed E-state index contributed by atoms with van der Waals surface area (Å²) in [4.78, 5) is 71.7. The van der Waals surface area contributed by atoms with Gasteiger partial charge in [-0.15, -0.1) is 0 Å². The number of carbonyl (C=O) groups is 4. The maximum atomic E-state index is 14.4. The van der Waals surface area contributed by atoms with Gasteiger partial charge in [-0.2, -0.15) is 21.0 Å². The second kappa shape index (κ2) is 48.9. The summed E-state index contributed by atoms with van der Waals surface area (Å²) in [5, 5.41) is 51.3.